The first-order valence-electron chi connectivity index (χ1n) is 8.55. The summed E-state index contributed by atoms with van der Waals surface area (Å²) in [7, 11) is 0. The predicted molar refractivity (Wildman–Crippen MR) is 89.8 cm³/mol. The lowest BCUT2D eigenvalue weighted by molar-refractivity contribution is 0.102. The number of Topliss-reactive ketones (excluding diaryl/α,β-unsaturated/α-hetero) is 1. The highest BCUT2D eigenvalue weighted by Gasteiger charge is 2.21. The molecule has 0 N–H and O–H groups in total. The van der Waals surface area contributed by atoms with Crippen LogP contribution >= 0.6 is 0 Å². The second kappa shape index (κ2) is 8.17. The van der Waals surface area contributed by atoms with Crippen molar-refractivity contribution in [2.75, 3.05) is 0 Å². The van der Waals surface area contributed by atoms with Crippen LogP contribution < -0.4 is 0 Å². The first-order valence-corrected chi connectivity index (χ1v) is 8.55. The Balaban J connectivity index is 1.81. The monoisotopic (exact) mass is 284 g/mol. The Bertz CT molecular complexity index is 510. The summed E-state index contributed by atoms with van der Waals surface area (Å²) < 4.78 is 0. The normalized spacial score (nSPS) is 14.5. The standard InChI is InChI=1S/C20H28O/c1-3-4-5-6-7-8-9-12-17-15-18-13-10-11-14-19(18)20(21)16(17)2/h10-11,13-14H,3-9,12,15H2,1-2H3. The summed E-state index contributed by atoms with van der Waals surface area (Å²) in [6, 6.07) is 8.07. The molecule has 0 spiro atoms. The zero-order chi connectivity index (χ0) is 15.1. The summed E-state index contributed by atoms with van der Waals surface area (Å²) in [5.74, 6) is 0.245. The lowest BCUT2D eigenvalue weighted by Gasteiger charge is -2.20. The summed E-state index contributed by atoms with van der Waals surface area (Å²) >= 11 is 0. The molecule has 0 amide bonds. The zero-order valence-corrected chi connectivity index (χ0v) is 13.6. The van der Waals surface area contributed by atoms with Gasteiger partial charge in [0.05, 0.1) is 0 Å². The van der Waals surface area contributed by atoms with Crippen molar-refractivity contribution >= 4 is 5.78 Å². The Morgan fingerprint density at radius 3 is 2.38 bits per heavy atom. The van der Waals surface area contributed by atoms with Gasteiger partial charge in [-0.05, 0) is 37.3 Å². The first kappa shape index (κ1) is 16.0. The number of carbonyl (C=O) groups excluding carboxylic acids is 1. The van der Waals surface area contributed by atoms with E-state index in [4.69, 9.17) is 0 Å². The van der Waals surface area contributed by atoms with E-state index in [-0.39, 0.29) is 5.78 Å². The third kappa shape index (κ3) is 4.30. The Labute approximate surface area is 129 Å². The molecule has 0 aliphatic heterocycles. The van der Waals surface area contributed by atoms with Gasteiger partial charge in [0.2, 0.25) is 0 Å². The molecule has 0 fully saturated rings. The first-order chi connectivity index (χ1) is 10.2. The number of hydrogen-bond donors (Lipinski definition) is 0. The minimum absolute atomic E-state index is 0.245. The van der Waals surface area contributed by atoms with Gasteiger partial charge in [0.25, 0.3) is 0 Å². The van der Waals surface area contributed by atoms with Gasteiger partial charge in [-0.15, -0.1) is 0 Å². The molecule has 1 nitrogen and oxygen atoms in total. The van der Waals surface area contributed by atoms with Crippen molar-refractivity contribution in [1.82, 2.24) is 0 Å². The minimum Gasteiger partial charge on any atom is -0.289 e. The minimum atomic E-state index is 0.245. The molecule has 114 valence electrons. The number of rotatable bonds is 8. The van der Waals surface area contributed by atoms with Crippen LogP contribution in [0.3, 0.4) is 0 Å². The molecule has 1 aliphatic rings. The number of fused-ring (bicyclic) bond motifs is 1. The van der Waals surface area contributed by atoms with E-state index in [0.29, 0.717) is 0 Å². The highest BCUT2D eigenvalue weighted by Crippen LogP contribution is 2.29. The van der Waals surface area contributed by atoms with Crippen LogP contribution in [0.2, 0.25) is 0 Å². The number of unbranched alkanes of at least 4 members (excludes halogenated alkanes) is 6. The van der Waals surface area contributed by atoms with E-state index in [2.05, 4.69) is 13.0 Å². The summed E-state index contributed by atoms with van der Waals surface area (Å²) in [5.41, 5.74) is 4.50. The smallest absolute Gasteiger partial charge is 0.188 e. The van der Waals surface area contributed by atoms with Crippen molar-refractivity contribution < 1.29 is 4.79 Å². The molecule has 2 rings (SSSR count). The Kier molecular flexibility index (Phi) is 6.22. The van der Waals surface area contributed by atoms with Crippen LogP contribution in [0.15, 0.2) is 35.4 Å². The van der Waals surface area contributed by atoms with E-state index < -0.39 is 0 Å². The summed E-state index contributed by atoms with van der Waals surface area (Å²) in [6.07, 6.45) is 11.4. The van der Waals surface area contributed by atoms with Gasteiger partial charge in [-0.1, -0.05) is 75.3 Å². The number of allylic oxidation sites excluding steroid dienone is 2. The molecular weight excluding hydrogens is 256 g/mol. The topological polar surface area (TPSA) is 17.1 Å². The third-order valence-electron chi connectivity index (χ3n) is 4.62. The average molecular weight is 284 g/mol. The van der Waals surface area contributed by atoms with Gasteiger partial charge in [-0.3, -0.25) is 4.79 Å². The van der Waals surface area contributed by atoms with E-state index in [9.17, 15) is 4.79 Å². The number of hydrogen-bond acceptors (Lipinski definition) is 1. The molecule has 0 saturated carbocycles. The second-order valence-corrected chi connectivity index (χ2v) is 6.26. The molecule has 0 heterocycles. The van der Waals surface area contributed by atoms with E-state index in [1.807, 2.05) is 25.1 Å². The van der Waals surface area contributed by atoms with Crippen molar-refractivity contribution in [3.05, 3.63) is 46.5 Å². The molecular formula is C20H28O. The van der Waals surface area contributed by atoms with Crippen LogP contribution in [0.5, 0.6) is 0 Å². The molecule has 0 saturated heterocycles. The quantitative estimate of drug-likeness (QED) is 0.544. The summed E-state index contributed by atoms with van der Waals surface area (Å²) in [6.45, 7) is 4.27. The highest BCUT2D eigenvalue weighted by atomic mass is 16.1. The van der Waals surface area contributed by atoms with E-state index in [0.717, 1.165) is 24.0 Å². The molecule has 0 unspecified atom stereocenters. The van der Waals surface area contributed by atoms with Gasteiger partial charge < -0.3 is 0 Å². The summed E-state index contributed by atoms with van der Waals surface area (Å²) in [4.78, 5) is 12.4. The highest BCUT2D eigenvalue weighted by molar-refractivity contribution is 6.11. The maximum atomic E-state index is 12.4. The molecule has 0 radical (unpaired) electrons. The van der Waals surface area contributed by atoms with Crippen LogP contribution in [0.25, 0.3) is 0 Å². The Hall–Kier alpha value is -1.37. The summed E-state index contributed by atoms with van der Waals surface area (Å²) in [5, 5.41) is 0. The fraction of sp³-hybridized carbons (Fsp3) is 0.550. The van der Waals surface area contributed by atoms with Crippen molar-refractivity contribution in [3.8, 4) is 0 Å². The van der Waals surface area contributed by atoms with Gasteiger partial charge in [0.15, 0.2) is 5.78 Å². The number of ketones is 1. The van der Waals surface area contributed by atoms with Crippen molar-refractivity contribution in [2.24, 2.45) is 0 Å². The average Bonchev–Trinajstić information content (AvgIpc) is 2.51. The lowest BCUT2D eigenvalue weighted by Crippen LogP contribution is -2.14. The molecule has 0 atom stereocenters. The predicted octanol–water partition coefficient (Wildman–Crippen LogP) is 5.88. The maximum absolute atomic E-state index is 12.4. The van der Waals surface area contributed by atoms with Gasteiger partial charge in [0, 0.05) is 5.56 Å². The molecule has 21 heavy (non-hydrogen) atoms. The van der Waals surface area contributed by atoms with Crippen molar-refractivity contribution in [3.63, 3.8) is 0 Å². The van der Waals surface area contributed by atoms with Crippen LogP contribution in [0.1, 0.15) is 81.1 Å². The van der Waals surface area contributed by atoms with Gasteiger partial charge >= 0.3 is 0 Å². The fourth-order valence-electron chi connectivity index (χ4n) is 3.19. The van der Waals surface area contributed by atoms with Gasteiger partial charge in [-0.2, -0.15) is 0 Å². The molecule has 1 aromatic rings. The maximum Gasteiger partial charge on any atom is 0.188 e. The van der Waals surface area contributed by atoms with Crippen LogP contribution in [0.4, 0.5) is 0 Å². The lowest BCUT2D eigenvalue weighted by atomic mass is 9.83. The van der Waals surface area contributed by atoms with Gasteiger partial charge in [-0.25, -0.2) is 0 Å². The third-order valence-corrected chi connectivity index (χ3v) is 4.62. The van der Waals surface area contributed by atoms with E-state index in [1.165, 1.54) is 56.1 Å². The van der Waals surface area contributed by atoms with Gasteiger partial charge in [0.1, 0.15) is 0 Å². The molecule has 0 bridgehead atoms. The van der Waals surface area contributed by atoms with Crippen LogP contribution in [-0.2, 0) is 6.42 Å². The Morgan fingerprint density at radius 2 is 1.62 bits per heavy atom. The zero-order valence-electron chi connectivity index (χ0n) is 13.6. The van der Waals surface area contributed by atoms with Crippen molar-refractivity contribution in [2.45, 2.75) is 71.6 Å². The number of carbonyl (C=O) groups is 1. The van der Waals surface area contributed by atoms with E-state index in [1.54, 1.807) is 0 Å². The van der Waals surface area contributed by atoms with Crippen molar-refractivity contribution in [1.29, 1.82) is 0 Å². The number of benzene rings is 1. The fourth-order valence-corrected chi connectivity index (χ4v) is 3.19. The van der Waals surface area contributed by atoms with Crippen LogP contribution in [0, 0.1) is 0 Å². The van der Waals surface area contributed by atoms with Crippen LogP contribution in [-0.4, -0.2) is 5.78 Å². The molecule has 1 aliphatic carbocycles. The molecule has 1 aromatic carbocycles. The SMILES string of the molecule is CCCCCCCCCC1=C(C)C(=O)c2ccccc2C1. The second-order valence-electron chi connectivity index (χ2n) is 6.26. The molecule has 1 heteroatoms. The van der Waals surface area contributed by atoms with E-state index >= 15 is 0 Å². The molecule has 0 aromatic heterocycles. The Morgan fingerprint density at radius 1 is 0.952 bits per heavy atom. The largest absolute Gasteiger partial charge is 0.289 e.